The van der Waals surface area contributed by atoms with Gasteiger partial charge in [-0.1, -0.05) is 12.1 Å². The smallest absolute Gasteiger partial charge is 0.271 e. The minimum atomic E-state index is -1.42. The summed E-state index contributed by atoms with van der Waals surface area (Å²) in [7, 11) is 0. The number of hydrogen-bond donors (Lipinski definition) is 3. The maximum atomic E-state index is 11.7. The number of primary amides is 1. The first-order chi connectivity index (χ1) is 9.08. The lowest BCUT2D eigenvalue weighted by atomic mass is 10.3. The van der Waals surface area contributed by atoms with Crippen LogP contribution in [-0.2, 0) is 4.79 Å². The predicted octanol–water partition coefficient (Wildman–Crippen LogP) is -0.794. The molecule has 1 aromatic carbocycles. The van der Waals surface area contributed by atoms with E-state index in [0.29, 0.717) is 11.0 Å². The van der Waals surface area contributed by atoms with Gasteiger partial charge in [0.05, 0.1) is 23.8 Å². The van der Waals surface area contributed by atoms with Crippen LogP contribution in [0.4, 0.5) is 0 Å². The Morgan fingerprint density at radius 2 is 2.00 bits per heavy atom. The molecule has 7 nitrogen and oxygen atoms in total. The zero-order valence-corrected chi connectivity index (χ0v) is 9.91. The van der Waals surface area contributed by atoms with Gasteiger partial charge in [-0.2, -0.15) is 0 Å². The van der Waals surface area contributed by atoms with Crippen LogP contribution in [0.3, 0.4) is 0 Å². The lowest BCUT2D eigenvalue weighted by molar-refractivity contribution is -0.125. The van der Waals surface area contributed by atoms with E-state index in [1.165, 1.54) is 6.20 Å². The number of nitrogens with two attached hydrogens (primary N) is 1. The topological polar surface area (TPSA) is 118 Å². The number of amides is 2. The minimum absolute atomic E-state index is 0.107. The van der Waals surface area contributed by atoms with E-state index in [1.54, 1.807) is 18.2 Å². The summed E-state index contributed by atoms with van der Waals surface area (Å²) in [6.45, 7) is -0.261. The number of carbonyl (C=O) groups excluding carboxylic acids is 2. The van der Waals surface area contributed by atoms with Gasteiger partial charge < -0.3 is 16.2 Å². The third kappa shape index (κ3) is 3.02. The minimum Gasteiger partial charge on any atom is -0.381 e. The predicted molar refractivity (Wildman–Crippen MR) is 67.1 cm³/mol. The van der Waals surface area contributed by atoms with Gasteiger partial charge in [-0.15, -0.1) is 0 Å². The first-order valence-electron chi connectivity index (χ1n) is 5.55. The molecule has 19 heavy (non-hydrogen) atoms. The third-order valence-electron chi connectivity index (χ3n) is 2.47. The zero-order valence-electron chi connectivity index (χ0n) is 9.91. The molecule has 0 saturated heterocycles. The molecule has 1 aromatic heterocycles. The van der Waals surface area contributed by atoms with Crippen LogP contribution in [0.15, 0.2) is 30.5 Å². The maximum absolute atomic E-state index is 11.7. The number of carbonyl (C=O) groups is 2. The lowest BCUT2D eigenvalue weighted by Crippen LogP contribution is -2.40. The van der Waals surface area contributed by atoms with Crippen molar-refractivity contribution in [3.8, 4) is 0 Å². The largest absolute Gasteiger partial charge is 0.381 e. The highest BCUT2D eigenvalue weighted by Gasteiger charge is 2.14. The van der Waals surface area contributed by atoms with Crippen molar-refractivity contribution in [1.82, 2.24) is 15.3 Å². The fraction of sp³-hybridized carbons (Fsp3) is 0.167. The van der Waals surface area contributed by atoms with Crippen LogP contribution in [0, 0.1) is 0 Å². The first-order valence-corrected chi connectivity index (χ1v) is 5.55. The Bertz CT molecular complexity index is 629. The third-order valence-corrected chi connectivity index (χ3v) is 2.47. The monoisotopic (exact) mass is 260 g/mol. The first kappa shape index (κ1) is 12.9. The van der Waals surface area contributed by atoms with Crippen LogP contribution >= 0.6 is 0 Å². The van der Waals surface area contributed by atoms with Gasteiger partial charge in [0.15, 0.2) is 0 Å². The van der Waals surface area contributed by atoms with Gasteiger partial charge in [0.1, 0.15) is 11.8 Å². The van der Waals surface area contributed by atoms with E-state index < -0.39 is 17.9 Å². The quantitative estimate of drug-likeness (QED) is 0.665. The van der Waals surface area contributed by atoms with E-state index in [9.17, 15) is 9.59 Å². The van der Waals surface area contributed by atoms with Crippen LogP contribution in [0.2, 0.25) is 0 Å². The molecule has 1 heterocycles. The maximum Gasteiger partial charge on any atom is 0.271 e. The second-order valence-corrected chi connectivity index (χ2v) is 3.87. The molecule has 2 aromatic rings. The Hall–Kier alpha value is -2.54. The molecule has 1 unspecified atom stereocenters. The fourth-order valence-corrected chi connectivity index (χ4v) is 1.45. The van der Waals surface area contributed by atoms with Gasteiger partial charge in [0.25, 0.3) is 5.91 Å². The van der Waals surface area contributed by atoms with Crippen molar-refractivity contribution in [2.75, 3.05) is 6.54 Å². The molecule has 0 aliphatic heterocycles. The van der Waals surface area contributed by atoms with Gasteiger partial charge >= 0.3 is 0 Å². The molecule has 2 rings (SSSR count). The van der Waals surface area contributed by atoms with Crippen molar-refractivity contribution in [3.05, 3.63) is 36.2 Å². The second-order valence-electron chi connectivity index (χ2n) is 3.87. The van der Waals surface area contributed by atoms with E-state index in [2.05, 4.69) is 15.3 Å². The van der Waals surface area contributed by atoms with Crippen LogP contribution < -0.4 is 11.1 Å². The summed E-state index contributed by atoms with van der Waals surface area (Å²) in [5.74, 6) is -1.43. The average Bonchev–Trinajstić information content (AvgIpc) is 2.43. The average molecular weight is 260 g/mol. The van der Waals surface area contributed by atoms with Crippen LogP contribution in [0.25, 0.3) is 11.0 Å². The normalized spacial score (nSPS) is 12.1. The summed E-state index contributed by atoms with van der Waals surface area (Å²) < 4.78 is 0. The Balaban J connectivity index is 2.11. The summed E-state index contributed by atoms with van der Waals surface area (Å²) in [4.78, 5) is 30.6. The molecule has 0 spiro atoms. The second kappa shape index (κ2) is 5.40. The Labute approximate surface area is 108 Å². The van der Waals surface area contributed by atoms with E-state index >= 15 is 0 Å². The number of aromatic nitrogens is 2. The number of fused-ring (bicyclic) bond motifs is 1. The van der Waals surface area contributed by atoms with E-state index in [-0.39, 0.29) is 12.2 Å². The molecular weight excluding hydrogens is 248 g/mol. The number of hydrogen-bond acceptors (Lipinski definition) is 5. The molecule has 0 saturated carbocycles. The molecule has 0 bridgehead atoms. The van der Waals surface area contributed by atoms with Crippen molar-refractivity contribution < 1.29 is 14.7 Å². The highest BCUT2D eigenvalue weighted by Crippen LogP contribution is 2.08. The molecule has 0 aliphatic carbocycles. The molecule has 4 N–H and O–H groups in total. The molecule has 1 atom stereocenters. The number of aliphatic hydroxyl groups is 1. The summed E-state index contributed by atoms with van der Waals surface area (Å²) in [6.07, 6.45) is -0.0914. The van der Waals surface area contributed by atoms with E-state index in [1.807, 2.05) is 6.07 Å². The van der Waals surface area contributed by atoms with Crippen LogP contribution in [0.5, 0.6) is 0 Å². The van der Waals surface area contributed by atoms with Crippen molar-refractivity contribution >= 4 is 22.8 Å². The lowest BCUT2D eigenvalue weighted by Gasteiger charge is -2.08. The fourth-order valence-electron chi connectivity index (χ4n) is 1.45. The molecule has 0 fully saturated rings. The Morgan fingerprint density at radius 3 is 2.68 bits per heavy atom. The molecule has 0 aliphatic rings. The summed E-state index contributed by atoms with van der Waals surface area (Å²) in [5, 5.41) is 11.5. The molecule has 98 valence electrons. The van der Waals surface area contributed by atoms with Gasteiger partial charge in [0.2, 0.25) is 5.91 Å². The number of benzene rings is 1. The van der Waals surface area contributed by atoms with E-state index in [0.717, 1.165) is 0 Å². The summed E-state index contributed by atoms with van der Waals surface area (Å²) in [5.41, 5.74) is 6.24. The number of nitrogens with one attached hydrogen (secondary N) is 1. The Morgan fingerprint density at radius 1 is 1.32 bits per heavy atom. The van der Waals surface area contributed by atoms with Crippen molar-refractivity contribution in [2.24, 2.45) is 5.73 Å². The van der Waals surface area contributed by atoms with Gasteiger partial charge in [-0.25, -0.2) is 4.98 Å². The van der Waals surface area contributed by atoms with Crippen molar-refractivity contribution in [2.45, 2.75) is 6.10 Å². The standard InChI is InChI=1S/C12H12N4O3/c13-11(18)10(17)6-15-12(19)9-5-14-7-3-1-2-4-8(7)16-9/h1-5,10,17H,6H2,(H2,13,18)(H,15,19). The molecule has 2 amide bonds. The Kier molecular flexibility index (Phi) is 3.67. The van der Waals surface area contributed by atoms with Crippen LogP contribution in [0.1, 0.15) is 10.5 Å². The molecule has 7 heteroatoms. The highest BCUT2D eigenvalue weighted by molar-refractivity contribution is 5.94. The van der Waals surface area contributed by atoms with Gasteiger partial charge in [0, 0.05) is 0 Å². The van der Waals surface area contributed by atoms with Crippen LogP contribution in [-0.4, -0.2) is 39.5 Å². The molecular formula is C12H12N4O3. The van der Waals surface area contributed by atoms with Crippen molar-refractivity contribution in [1.29, 1.82) is 0 Å². The number of aliphatic hydroxyl groups excluding tert-OH is 1. The summed E-state index contributed by atoms with van der Waals surface area (Å²) >= 11 is 0. The van der Waals surface area contributed by atoms with Gasteiger partial charge in [-0.3, -0.25) is 14.6 Å². The van der Waals surface area contributed by atoms with Gasteiger partial charge in [-0.05, 0) is 12.1 Å². The number of nitrogens with zero attached hydrogens (tertiary/aromatic N) is 2. The highest BCUT2D eigenvalue weighted by atomic mass is 16.3. The van der Waals surface area contributed by atoms with E-state index in [4.69, 9.17) is 10.8 Å². The summed E-state index contributed by atoms with van der Waals surface area (Å²) in [6, 6.07) is 7.12. The number of para-hydroxylation sites is 2. The zero-order chi connectivity index (χ0) is 13.8. The molecule has 0 radical (unpaired) electrons. The number of rotatable bonds is 4. The SMILES string of the molecule is NC(=O)C(O)CNC(=O)c1cnc2ccccc2n1. The van der Waals surface area contributed by atoms with Crippen molar-refractivity contribution in [3.63, 3.8) is 0 Å².